The van der Waals surface area contributed by atoms with Gasteiger partial charge in [-0.3, -0.25) is 4.72 Å². The van der Waals surface area contributed by atoms with Gasteiger partial charge in [0.15, 0.2) is 11.6 Å². The average Bonchev–Trinajstić information content (AvgIpc) is 2.35. The van der Waals surface area contributed by atoms with Crippen LogP contribution in [0.3, 0.4) is 0 Å². The highest BCUT2D eigenvalue weighted by molar-refractivity contribution is 7.92. The molecular formula is C12H8F3NO2S. The van der Waals surface area contributed by atoms with Crippen molar-refractivity contribution >= 4 is 15.7 Å². The lowest BCUT2D eigenvalue weighted by Gasteiger charge is -2.09. The summed E-state index contributed by atoms with van der Waals surface area (Å²) in [6.45, 7) is 0. The first-order valence-corrected chi connectivity index (χ1v) is 6.61. The van der Waals surface area contributed by atoms with Gasteiger partial charge in [-0.2, -0.15) is 0 Å². The number of sulfonamides is 1. The van der Waals surface area contributed by atoms with E-state index in [1.165, 1.54) is 6.07 Å². The Kier molecular flexibility index (Phi) is 3.48. The molecule has 0 spiro atoms. The molecule has 0 unspecified atom stereocenters. The Balaban J connectivity index is 2.36. The second-order valence-electron chi connectivity index (χ2n) is 3.66. The highest BCUT2D eigenvalue weighted by Crippen LogP contribution is 2.21. The molecule has 1 N–H and O–H groups in total. The van der Waals surface area contributed by atoms with E-state index in [4.69, 9.17) is 0 Å². The second kappa shape index (κ2) is 4.93. The van der Waals surface area contributed by atoms with Crippen LogP contribution >= 0.6 is 0 Å². The van der Waals surface area contributed by atoms with Gasteiger partial charge in [0.1, 0.15) is 5.82 Å². The van der Waals surface area contributed by atoms with Crippen LogP contribution in [0.2, 0.25) is 0 Å². The minimum atomic E-state index is -4.09. The number of halogens is 3. The van der Waals surface area contributed by atoms with Crippen molar-refractivity contribution in [3.05, 3.63) is 59.9 Å². The minimum Gasteiger partial charge on any atom is -0.277 e. The summed E-state index contributed by atoms with van der Waals surface area (Å²) in [5.74, 6) is -3.07. The Bertz CT molecular complexity index is 699. The van der Waals surface area contributed by atoms with Crippen LogP contribution in [-0.2, 0) is 10.0 Å². The molecule has 7 heteroatoms. The van der Waals surface area contributed by atoms with Crippen molar-refractivity contribution in [1.82, 2.24) is 0 Å². The SMILES string of the molecule is O=S(=O)(Nc1cccc(F)c1F)c1ccc(F)cc1. The maximum Gasteiger partial charge on any atom is 0.261 e. The molecule has 0 atom stereocenters. The zero-order valence-electron chi connectivity index (χ0n) is 9.40. The third kappa shape index (κ3) is 2.87. The van der Waals surface area contributed by atoms with E-state index in [-0.39, 0.29) is 4.90 Å². The first-order valence-electron chi connectivity index (χ1n) is 5.12. The summed E-state index contributed by atoms with van der Waals surface area (Å²) >= 11 is 0. The summed E-state index contributed by atoms with van der Waals surface area (Å²) in [6.07, 6.45) is 0. The van der Waals surface area contributed by atoms with Crippen molar-refractivity contribution in [2.45, 2.75) is 4.90 Å². The van der Waals surface area contributed by atoms with Gasteiger partial charge in [0, 0.05) is 0 Å². The summed E-state index contributed by atoms with van der Waals surface area (Å²) < 4.78 is 64.6. The van der Waals surface area contributed by atoms with E-state index in [0.29, 0.717) is 0 Å². The van der Waals surface area contributed by atoms with E-state index in [1.807, 2.05) is 4.72 Å². The van der Waals surface area contributed by atoms with Crippen LogP contribution < -0.4 is 4.72 Å². The Morgan fingerprint density at radius 1 is 0.895 bits per heavy atom. The monoisotopic (exact) mass is 287 g/mol. The van der Waals surface area contributed by atoms with Crippen molar-refractivity contribution in [2.24, 2.45) is 0 Å². The summed E-state index contributed by atoms with van der Waals surface area (Å²) in [5.41, 5.74) is -0.510. The molecule has 2 aromatic rings. The molecule has 0 aromatic heterocycles. The van der Waals surface area contributed by atoms with Gasteiger partial charge in [0.25, 0.3) is 10.0 Å². The third-order valence-electron chi connectivity index (χ3n) is 2.32. The molecule has 100 valence electrons. The van der Waals surface area contributed by atoms with Crippen LogP contribution in [0.15, 0.2) is 47.4 Å². The summed E-state index contributed by atoms with van der Waals surface area (Å²) in [7, 11) is -4.09. The fraction of sp³-hybridized carbons (Fsp3) is 0. The number of anilines is 1. The molecule has 2 aromatic carbocycles. The topological polar surface area (TPSA) is 46.2 Å². The third-order valence-corrected chi connectivity index (χ3v) is 3.70. The molecule has 0 saturated heterocycles. The quantitative estimate of drug-likeness (QED) is 0.943. The molecule has 0 amide bonds. The molecule has 0 radical (unpaired) electrons. The first-order chi connectivity index (χ1) is 8.90. The molecule has 0 fully saturated rings. The maximum absolute atomic E-state index is 13.3. The van der Waals surface area contributed by atoms with Crippen LogP contribution in [0.4, 0.5) is 18.9 Å². The van der Waals surface area contributed by atoms with E-state index in [2.05, 4.69) is 0 Å². The van der Waals surface area contributed by atoms with Crippen molar-refractivity contribution in [1.29, 1.82) is 0 Å². The predicted molar refractivity (Wildman–Crippen MR) is 63.6 cm³/mol. The van der Waals surface area contributed by atoms with Gasteiger partial charge in [-0.15, -0.1) is 0 Å². The van der Waals surface area contributed by atoms with Gasteiger partial charge in [-0.05, 0) is 36.4 Å². The summed E-state index contributed by atoms with van der Waals surface area (Å²) in [5, 5.41) is 0. The lowest BCUT2D eigenvalue weighted by atomic mass is 10.3. The van der Waals surface area contributed by atoms with E-state index in [9.17, 15) is 21.6 Å². The number of hydrogen-bond donors (Lipinski definition) is 1. The lowest BCUT2D eigenvalue weighted by Crippen LogP contribution is -2.14. The highest BCUT2D eigenvalue weighted by atomic mass is 32.2. The Hall–Kier alpha value is -2.02. The molecule has 0 heterocycles. The van der Waals surface area contributed by atoms with Gasteiger partial charge in [0.2, 0.25) is 0 Å². The van der Waals surface area contributed by atoms with Crippen LogP contribution in [0.25, 0.3) is 0 Å². The zero-order chi connectivity index (χ0) is 14.0. The standard InChI is InChI=1S/C12H8F3NO2S/c13-8-4-6-9(7-5-8)19(17,18)16-11-3-1-2-10(14)12(11)15/h1-7,16H. The first kappa shape index (κ1) is 13.4. The largest absolute Gasteiger partial charge is 0.277 e. The minimum absolute atomic E-state index is 0.252. The van der Waals surface area contributed by atoms with Crippen molar-refractivity contribution in [2.75, 3.05) is 4.72 Å². The van der Waals surface area contributed by atoms with Crippen LogP contribution in [0, 0.1) is 17.5 Å². The van der Waals surface area contributed by atoms with Crippen LogP contribution in [-0.4, -0.2) is 8.42 Å². The maximum atomic E-state index is 13.3. The molecule has 0 aliphatic carbocycles. The number of hydrogen-bond acceptors (Lipinski definition) is 2. The van der Waals surface area contributed by atoms with Gasteiger partial charge in [0.05, 0.1) is 10.6 Å². The number of benzene rings is 2. The Labute approximate surface area is 107 Å². The number of nitrogens with one attached hydrogen (secondary N) is 1. The summed E-state index contributed by atoms with van der Waals surface area (Å²) in [6, 6.07) is 7.07. The van der Waals surface area contributed by atoms with E-state index < -0.39 is 33.2 Å². The molecule has 0 saturated carbocycles. The molecule has 0 bridgehead atoms. The van der Waals surface area contributed by atoms with E-state index >= 15 is 0 Å². The van der Waals surface area contributed by atoms with E-state index in [0.717, 1.165) is 36.4 Å². The molecule has 2 rings (SSSR count). The van der Waals surface area contributed by atoms with Crippen molar-refractivity contribution in [3.8, 4) is 0 Å². The normalized spacial score (nSPS) is 11.3. The Morgan fingerprint density at radius 3 is 2.16 bits per heavy atom. The van der Waals surface area contributed by atoms with Crippen LogP contribution in [0.1, 0.15) is 0 Å². The average molecular weight is 287 g/mol. The lowest BCUT2D eigenvalue weighted by molar-refractivity contribution is 0.511. The Morgan fingerprint density at radius 2 is 1.53 bits per heavy atom. The molecular weight excluding hydrogens is 279 g/mol. The molecule has 0 aliphatic heterocycles. The van der Waals surface area contributed by atoms with Crippen molar-refractivity contribution < 1.29 is 21.6 Å². The molecule has 0 aliphatic rings. The zero-order valence-corrected chi connectivity index (χ0v) is 10.2. The van der Waals surface area contributed by atoms with Crippen molar-refractivity contribution in [3.63, 3.8) is 0 Å². The fourth-order valence-electron chi connectivity index (χ4n) is 1.40. The van der Waals surface area contributed by atoms with Gasteiger partial charge in [-0.1, -0.05) is 6.07 Å². The van der Waals surface area contributed by atoms with Crippen LogP contribution in [0.5, 0.6) is 0 Å². The van der Waals surface area contributed by atoms with Gasteiger partial charge < -0.3 is 0 Å². The molecule has 19 heavy (non-hydrogen) atoms. The number of rotatable bonds is 3. The highest BCUT2D eigenvalue weighted by Gasteiger charge is 2.17. The smallest absolute Gasteiger partial charge is 0.261 e. The summed E-state index contributed by atoms with van der Waals surface area (Å²) in [4.78, 5) is -0.252. The fourth-order valence-corrected chi connectivity index (χ4v) is 2.46. The van der Waals surface area contributed by atoms with E-state index in [1.54, 1.807) is 0 Å². The second-order valence-corrected chi connectivity index (χ2v) is 5.34. The van der Waals surface area contributed by atoms with Gasteiger partial charge >= 0.3 is 0 Å². The molecule has 3 nitrogen and oxygen atoms in total. The predicted octanol–water partition coefficient (Wildman–Crippen LogP) is 2.90. The van der Waals surface area contributed by atoms with Gasteiger partial charge in [-0.25, -0.2) is 21.6 Å².